The Morgan fingerprint density at radius 3 is 2.74 bits per heavy atom. The molecule has 0 amide bonds. The maximum atomic E-state index is 14.3. The molecule has 5 rings (SSSR count). The normalized spacial score (nSPS) is 11.3. The highest BCUT2D eigenvalue weighted by molar-refractivity contribution is 7.98. The minimum atomic E-state index is -0.381. The number of aryl methyl sites for hydroxylation is 1. The highest BCUT2D eigenvalue weighted by Crippen LogP contribution is 2.27. The maximum absolute atomic E-state index is 14.3. The van der Waals surface area contributed by atoms with E-state index in [1.807, 2.05) is 6.07 Å². The number of para-hydroxylation sites is 1. The number of benzene rings is 2. The minimum Gasteiger partial charge on any atom is -0.461 e. The average Bonchev–Trinajstić information content (AvgIpc) is 3.46. The van der Waals surface area contributed by atoms with E-state index in [4.69, 9.17) is 8.94 Å². The number of rotatable bonds is 5. The first-order valence-corrected chi connectivity index (χ1v) is 10.5. The Morgan fingerprint density at radius 1 is 1.06 bits per heavy atom. The van der Waals surface area contributed by atoms with Crippen LogP contribution < -0.4 is 5.56 Å². The van der Waals surface area contributed by atoms with E-state index in [1.165, 1.54) is 22.4 Å². The van der Waals surface area contributed by atoms with Crippen LogP contribution >= 0.6 is 11.8 Å². The molecule has 0 fully saturated rings. The summed E-state index contributed by atoms with van der Waals surface area (Å²) in [6.45, 7) is 1.68. The molecule has 0 aliphatic rings. The number of furan rings is 1. The van der Waals surface area contributed by atoms with Crippen LogP contribution in [-0.4, -0.2) is 14.7 Å². The maximum Gasteiger partial charge on any atom is 0.266 e. The van der Waals surface area contributed by atoms with Crippen molar-refractivity contribution in [2.75, 3.05) is 0 Å². The molecule has 0 aliphatic heterocycles. The molecule has 0 spiro atoms. The molecule has 2 aromatic carbocycles. The highest BCUT2D eigenvalue weighted by atomic mass is 32.2. The van der Waals surface area contributed by atoms with Crippen molar-refractivity contribution < 1.29 is 13.3 Å². The summed E-state index contributed by atoms with van der Waals surface area (Å²) in [5.74, 6) is 1.13. The summed E-state index contributed by atoms with van der Waals surface area (Å²) in [6, 6.07) is 17.1. The van der Waals surface area contributed by atoms with Crippen LogP contribution in [0.1, 0.15) is 11.3 Å². The van der Waals surface area contributed by atoms with Crippen molar-refractivity contribution in [1.29, 1.82) is 0 Å². The first kappa shape index (κ1) is 19.3. The van der Waals surface area contributed by atoms with Gasteiger partial charge in [0.1, 0.15) is 5.82 Å². The molecule has 0 aliphatic carbocycles. The van der Waals surface area contributed by atoms with Gasteiger partial charge in [-0.15, -0.1) is 0 Å². The van der Waals surface area contributed by atoms with Crippen LogP contribution in [0, 0.1) is 12.7 Å². The zero-order valence-corrected chi connectivity index (χ0v) is 17.2. The molecule has 0 N–H and O–H groups in total. The van der Waals surface area contributed by atoms with Gasteiger partial charge in [0, 0.05) is 11.8 Å². The number of thioether (sulfide) groups is 1. The van der Waals surface area contributed by atoms with Crippen LogP contribution in [0.5, 0.6) is 0 Å². The van der Waals surface area contributed by atoms with Crippen LogP contribution in [0.25, 0.3) is 28.1 Å². The molecule has 5 aromatic rings. The number of hydrogen-bond acceptors (Lipinski definition) is 6. The molecule has 0 bridgehead atoms. The lowest BCUT2D eigenvalue weighted by atomic mass is 10.2. The van der Waals surface area contributed by atoms with E-state index in [0.29, 0.717) is 50.3 Å². The number of aromatic nitrogens is 3. The Morgan fingerprint density at radius 2 is 1.94 bits per heavy atom. The summed E-state index contributed by atoms with van der Waals surface area (Å²) in [6.07, 6.45) is 1.56. The van der Waals surface area contributed by atoms with Gasteiger partial charge in [-0.2, -0.15) is 0 Å². The Balaban J connectivity index is 1.55. The van der Waals surface area contributed by atoms with Gasteiger partial charge in [-0.05, 0) is 48.9 Å². The van der Waals surface area contributed by atoms with Crippen LogP contribution in [0.2, 0.25) is 0 Å². The van der Waals surface area contributed by atoms with E-state index in [2.05, 4.69) is 10.1 Å². The summed E-state index contributed by atoms with van der Waals surface area (Å²) in [4.78, 5) is 17.9. The lowest BCUT2D eigenvalue weighted by molar-refractivity contribution is 0.413. The Bertz CT molecular complexity index is 1440. The van der Waals surface area contributed by atoms with E-state index in [9.17, 15) is 9.18 Å². The summed E-state index contributed by atoms with van der Waals surface area (Å²) in [5, 5.41) is 4.98. The number of nitrogens with zero attached hydrogens (tertiary/aromatic N) is 3. The molecule has 0 saturated heterocycles. The predicted molar refractivity (Wildman–Crippen MR) is 116 cm³/mol. The smallest absolute Gasteiger partial charge is 0.266 e. The summed E-state index contributed by atoms with van der Waals surface area (Å²) >= 11 is 1.32. The van der Waals surface area contributed by atoms with Gasteiger partial charge in [-0.25, -0.2) is 9.37 Å². The first-order valence-electron chi connectivity index (χ1n) is 9.51. The Kier molecular flexibility index (Phi) is 4.91. The van der Waals surface area contributed by atoms with Gasteiger partial charge in [0.2, 0.25) is 5.76 Å². The third-order valence-electron chi connectivity index (χ3n) is 4.83. The lowest BCUT2D eigenvalue weighted by Gasteiger charge is -2.13. The molecule has 8 heteroatoms. The molecule has 31 heavy (non-hydrogen) atoms. The van der Waals surface area contributed by atoms with Crippen molar-refractivity contribution in [1.82, 2.24) is 14.7 Å². The zero-order valence-electron chi connectivity index (χ0n) is 16.4. The topological polar surface area (TPSA) is 74.1 Å². The van der Waals surface area contributed by atoms with Gasteiger partial charge >= 0.3 is 0 Å². The summed E-state index contributed by atoms with van der Waals surface area (Å²) in [5.41, 5.74) is 1.92. The number of hydrogen-bond donors (Lipinski definition) is 0. The van der Waals surface area contributed by atoms with Gasteiger partial charge < -0.3 is 8.94 Å². The van der Waals surface area contributed by atoms with E-state index in [1.54, 1.807) is 61.7 Å². The van der Waals surface area contributed by atoms with Crippen molar-refractivity contribution in [2.24, 2.45) is 0 Å². The van der Waals surface area contributed by atoms with Gasteiger partial charge in [0.05, 0.1) is 28.5 Å². The van der Waals surface area contributed by atoms with E-state index < -0.39 is 0 Å². The highest BCUT2D eigenvalue weighted by Gasteiger charge is 2.16. The second-order valence-corrected chi connectivity index (χ2v) is 7.88. The quantitative estimate of drug-likeness (QED) is 0.274. The van der Waals surface area contributed by atoms with E-state index in [0.717, 1.165) is 0 Å². The lowest BCUT2D eigenvalue weighted by Crippen LogP contribution is -2.22. The van der Waals surface area contributed by atoms with Gasteiger partial charge in [0.15, 0.2) is 10.9 Å². The van der Waals surface area contributed by atoms with Crippen LogP contribution in [-0.2, 0) is 5.75 Å². The number of halogens is 1. The molecular weight excluding hydrogens is 417 g/mol. The third-order valence-corrected chi connectivity index (χ3v) is 5.80. The SMILES string of the molecule is Cc1ccc(-n2c(SCc3cc(-c4ccco4)on3)nc3ccccc3c2=O)cc1F. The summed E-state index contributed by atoms with van der Waals surface area (Å²) in [7, 11) is 0. The van der Waals surface area contributed by atoms with Gasteiger partial charge in [-0.3, -0.25) is 9.36 Å². The van der Waals surface area contributed by atoms with Crippen LogP contribution in [0.4, 0.5) is 4.39 Å². The molecular formula is C23H16FN3O3S. The second-order valence-electron chi connectivity index (χ2n) is 6.93. The largest absolute Gasteiger partial charge is 0.461 e. The van der Waals surface area contributed by atoms with Gasteiger partial charge in [0.25, 0.3) is 5.56 Å². The molecule has 6 nitrogen and oxygen atoms in total. The minimum absolute atomic E-state index is 0.257. The van der Waals surface area contributed by atoms with Crippen molar-refractivity contribution >= 4 is 22.7 Å². The summed E-state index contributed by atoms with van der Waals surface area (Å²) < 4.78 is 26.4. The fraction of sp³-hybridized carbons (Fsp3) is 0.0870. The Hall–Kier alpha value is -3.65. The fourth-order valence-corrected chi connectivity index (χ4v) is 4.10. The second kappa shape index (κ2) is 7.88. The van der Waals surface area contributed by atoms with E-state index in [-0.39, 0.29) is 11.4 Å². The standard InChI is InChI=1S/C23H16FN3O3S/c1-14-8-9-16(12-18(14)24)27-22(28)17-5-2-3-6-19(17)25-23(27)31-13-15-11-21(30-26-15)20-7-4-10-29-20/h2-12H,13H2,1H3. The molecule has 0 radical (unpaired) electrons. The predicted octanol–water partition coefficient (Wildman–Crippen LogP) is 5.37. The van der Waals surface area contributed by atoms with Gasteiger partial charge in [-0.1, -0.05) is 35.1 Å². The average molecular weight is 433 g/mol. The molecule has 0 unspecified atom stereocenters. The molecule has 0 atom stereocenters. The fourth-order valence-electron chi connectivity index (χ4n) is 3.21. The molecule has 3 aromatic heterocycles. The number of fused-ring (bicyclic) bond motifs is 1. The van der Waals surface area contributed by atoms with Crippen LogP contribution in [0.3, 0.4) is 0 Å². The van der Waals surface area contributed by atoms with Crippen molar-refractivity contribution in [3.63, 3.8) is 0 Å². The molecule has 154 valence electrons. The molecule has 3 heterocycles. The van der Waals surface area contributed by atoms with Crippen molar-refractivity contribution in [3.8, 4) is 17.2 Å². The molecule has 0 saturated carbocycles. The van der Waals surface area contributed by atoms with Crippen molar-refractivity contribution in [2.45, 2.75) is 17.8 Å². The third kappa shape index (κ3) is 3.66. The monoisotopic (exact) mass is 433 g/mol. The van der Waals surface area contributed by atoms with E-state index >= 15 is 0 Å². The zero-order chi connectivity index (χ0) is 21.4. The first-order chi connectivity index (χ1) is 15.1. The van der Waals surface area contributed by atoms with Crippen molar-refractivity contribution in [3.05, 3.63) is 94.4 Å². The van der Waals surface area contributed by atoms with Crippen LogP contribution in [0.15, 0.2) is 85.8 Å². The Labute approximate surface area is 180 Å².